The molecule has 0 bridgehead atoms. The van der Waals surface area contributed by atoms with Crippen molar-refractivity contribution in [2.75, 3.05) is 6.61 Å². The van der Waals surface area contributed by atoms with E-state index in [9.17, 15) is 4.79 Å². The minimum atomic E-state index is -0.321. The molecule has 0 saturated heterocycles. The zero-order valence-corrected chi connectivity index (χ0v) is 9.64. The summed E-state index contributed by atoms with van der Waals surface area (Å²) in [7, 11) is 0. The first-order valence-electron chi connectivity index (χ1n) is 4.41. The molecule has 0 spiro atoms. The third-order valence-electron chi connectivity index (χ3n) is 1.83. The maximum absolute atomic E-state index is 11.6. The van der Waals surface area contributed by atoms with Crippen LogP contribution in [-0.4, -0.2) is 23.7 Å². The number of aliphatic hydroxyl groups is 1. The zero-order chi connectivity index (χ0) is 11.4. The van der Waals surface area contributed by atoms with Crippen molar-refractivity contribution >= 4 is 29.1 Å². The SMILES string of the molecule is C[C@@H](CO)NC(=O)c1ccc(Cl)cc1Cl. The Kier molecular flexibility index (Phi) is 4.39. The lowest BCUT2D eigenvalue weighted by molar-refractivity contribution is 0.0922. The van der Waals surface area contributed by atoms with Gasteiger partial charge in [0.25, 0.3) is 5.91 Å². The predicted molar refractivity (Wildman–Crippen MR) is 60.5 cm³/mol. The van der Waals surface area contributed by atoms with Crippen molar-refractivity contribution in [2.45, 2.75) is 13.0 Å². The van der Waals surface area contributed by atoms with Crippen molar-refractivity contribution in [1.82, 2.24) is 5.32 Å². The number of halogens is 2. The summed E-state index contributed by atoms with van der Waals surface area (Å²) in [6.45, 7) is 1.58. The van der Waals surface area contributed by atoms with Gasteiger partial charge in [-0.3, -0.25) is 4.79 Å². The molecular weight excluding hydrogens is 237 g/mol. The number of carbonyl (C=O) groups excluding carboxylic acids is 1. The van der Waals surface area contributed by atoms with Gasteiger partial charge in [-0.1, -0.05) is 23.2 Å². The molecule has 0 aliphatic heterocycles. The topological polar surface area (TPSA) is 49.3 Å². The fourth-order valence-corrected chi connectivity index (χ4v) is 1.52. The number of nitrogens with one attached hydrogen (secondary N) is 1. The second-order valence-corrected chi connectivity index (χ2v) is 4.02. The van der Waals surface area contributed by atoms with Crippen LogP contribution in [0.4, 0.5) is 0 Å². The van der Waals surface area contributed by atoms with E-state index >= 15 is 0 Å². The minimum Gasteiger partial charge on any atom is -0.394 e. The molecule has 0 unspecified atom stereocenters. The Morgan fingerprint density at radius 1 is 1.53 bits per heavy atom. The number of aliphatic hydroxyl groups excluding tert-OH is 1. The summed E-state index contributed by atoms with van der Waals surface area (Å²) in [6, 6.07) is 4.33. The van der Waals surface area contributed by atoms with E-state index in [1.807, 2.05) is 0 Å². The van der Waals surface area contributed by atoms with Crippen LogP contribution >= 0.6 is 23.2 Å². The van der Waals surface area contributed by atoms with Gasteiger partial charge in [0, 0.05) is 11.1 Å². The van der Waals surface area contributed by atoms with E-state index in [1.165, 1.54) is 6.07 Å². The van der Waals surface area contributed by atoms with E-state index in [-0.39, 0.29) is 18.6 Å². The van der Waals surface area contributed by atoms with Crippen LogP contribution < -0.4 is 5.32 Å². The smallest absolute Gasteiger partial charge is 0.253 e. The number of carbonyl (C=O) groups is 1. The molecule has 3 nitrogen and oxygen atoms in total. The monoisotopic (exact) mass is 247 g/mol. The molecule has 2 N–H and O–H groups in total. The van der Waals surface area contributed by atoms with Gasteiger partial charge in [-0.15, -0.1) is 0 Å². The first-order chi connectivity index (χ1) is 7.04. The summed E-state index contributed by atoms with van der Waals surface area (Å²) in [5.74, 6) is -0.321. The fourth-order valence-electron chi connectivity index (χ4n) is 1.02. The van der Waals surface area contributed by atoms with Gasteiger partial charge >= 0.3 is 0 Å². The molecule has 0 aromatic heterocycles. The number of amides is 1. The van der Waals surface area contributed by atoms with Gasteiger partial charge in [-0.2, -0.15) is 0 Å². The van der Waals surface area contributed by atoms with Crippen molar-refractivity contribution < 1.29 is 9.90 Å². The van der Waals surface area contributed by atoms with Crippen molar-refractivity contribution in [3.8, 4) is 0 Å². The van der Waals surface area contributed by atoms with E-state index in [0.717, 1.165) is 0 Å². The lowest BCUT2D eigenvalue weighted by Crippen LogP contribution is -2.35. The molecule has 15 heavy (non-hydrogen) atoms. The highest BCUT2D eigenvalue weighted by Crippen LogP contribution is 2.20. The predicted octanol–water partition coefficient (Wildman–Crippen LogP) is 2.10. The molecule has 1 amide bonds. The molecule has 0 aliphatic rings. The van der Waals surface area contributed by atoms with Gasteiger partial charge in [-0.25, -0.2) is 0 Å². The average Bonchev–Trinajstić information content (AvgIpc) is 2.17. The van der Waals surface area contributed by atoms with Gasteiger partial charge in [0.2, 0.25) is 0 Å². The third-order valence-corrected chi connectivity index (χ3v) is 2.37. The van der Waals surface area contributed by atoms with E-state index in [2.05, 4.69) is 5.32 Å². The summed E-state index contributed by atoms with van der Waals surface area (Å²) in [6.07, 6.45) is 0. The quantitative estimate of drug-likeness (QED) is 0.860. The van der Waals surface area contributed by atoms with Gasteiger partial charge in [0.1, 0.15) is 0 Å². The highest BCUT2D eigenvalue weighted by molar-refractivity contribution is 6.36. The number of hydrogen-bond acceptors (Lipinski definition) is 2. The largest absolute Gasteiger partial charge is 0.394 e. The third kappa shape index (κ3) is 3.38. The maximum atomic E-state index is 11.6. The van der Waals surface area contributed by atoms with Crippen molar-refractivity contribution in [1.29, 1.82) is 0 Å². The highest BCUT2D eigenvalue weighted by Gasteiger charge is 2.12. The van der Waals surface area contributed by atoms with Crippen LogP contribution in [0.25, 0.3) is 0 Å². The second kappa shape index (κ2) is 5.35. The van der Waals surface area contributed by atoms with Crippen LogP contribution in [0.15, 0.2) is 18.2 Å². The van der Waals surface area contributed by atoms with Crippen LogP contribution in [0, 0.1) is 0 Å². The van der Waals surface area contributed by atoms with Crippen LogP contribution in [0.5, 0.6) is 0 Å². The van der Waals surface area contributed by atoms with Crippen LogP contribution in [0.3, 0.4) is 0 Å². The summed E-state index contributed by atoms with van der Waals surface area (Å²) in [5, 5.41) is 12.1. The lowest BCUT2D eigenvalue weighted by atomic mass is 10.2. The maximum Gasteiger partial charge on any atom is 0.253 e. The molecule has 5 heteroatoms. The minimum absolute atomic E-state index is 0.114. The van der Waals surface area contributed by atoms with E-state index in [4.69, 9.17) is 28.3 Å². The van der Waals surface area contributed by atoms with E-state index in [0.29, 0.717) is 15.6 Å². The van der Waals surface area contributed by atoms with Gasteiger partial charge in [-0.05, 0) is 25.1 Å². The van der Waals surface area contributed by atoms with E-state index < -0.39 is 0 Å². The first-order valence-corrected chi connectivity index (χ1v) is 5.17. The Hall–Kier alpha value is -0.770. The van der Waals surface area contributed by atoms with Crippen LogP contribution in [-0.2, 0) is 0 Å². The zero-order valence-electron chi connectivity index (χ0n) is 8.13. The van der Waals surface area contributed by atoms with Gasteiger partial charge < -0.3 is 10.4 Å². The number of rotatable bonds is 3. The van der Waals surface area contributed by atoms with Crippen molar-refractivity contribution in [3.63, 3.8) is 0 Å². The normalized spacial score (nSPS) is 12.3. The molecule has 0 heterocycles. The number of benzene rings is 1. The summed E-state index contributed by atoms with van der Waals surface area (Å²) in [4.78, 5) is 11.6. The van der Waals surface area contributed by atoms with Gasteiger partial charge in [0.05, 0.1) is 17.2 Å². The molecule has 0 radical (unpaired) electrons. The summed E-state index contributed by atoms with van der Waals surface area (Å²) >= 11 is 11.5. The Morgan fingerprint density at radius 2 is 2.20 bits per heavy atom. The number of hydrogen-bond donors (Lipinski definition) is 2. The second-order valence-electron chi connectivity index (χ2n) is 3.18. The van der Waals surface area contributed by atoms with Crippen molar-refractivity contribution in [3.05, 3.63) is 33.8 Å². The van der Waals surface area contributed by atoms with Gasteiger partial charge in [0.15, 0.2) is 0 Å². The van der Waals surface area contributed by atoms with Crippen molar-refractivity contribution in [2.24, 2.45) is 0 Å². The Morgan fingerprint density at radius 3 is 2.73 bits per heavy atom. The summed E-state index contributed by atoms with van der Waals surface area (Å²) < 4.78 is 0. The summed E-state index contributed by atoms with van der Waals surface area (Å²) in [5.41, 5.74) is 0.348. The molecular formula is C10H11Cl2NO2. The molecule has 1 atom stereocenters. The molecule has 1 aromatic rings. The molecule has 82 valence electrons. The standard InChI is InChI=1S/C10H11Cl2NO2/c1-6(5-14)13-10(15)8-3-2-7(11)4-9(8)12/h2-4,6,14H,5H2,1H3,(H,13,15)/t6-/m0/s1. The van der Waals surface area contributed by atoms with E-state index in [1.54, 1.807) is 19.1 Å². The Balaban J connectivity index is 2.82. The Bertz CT molecular complexity index is 368. The Labute approximate surface area is 98.0 Å². The molecule has 0 saturated carbocycles. The molecule has 1 aromatic carbocycles. The average molecular weight is 248 g/mol. The van der Waals surface area contributed by atoms with Crippen LogP contribution in [0.2, 0.25) is 10.0 Å². The fraction of sp³-hybridized carbons (Fsp3) is 0.300. The molecule has 0 fully saturated rings. The first kappa shape index (κ1) is 12.3. The highest BCUT2D eigenvalue weighted by atomic mass is 35.5. The van der Waals surface area contributed by atoms with Crippen LogP contribution in [0.1, 0.15) is 17.3 Å². The molecule has 1 rings (SSSR count). The lowest BCUT2D eigenvalue weighted by Gasteiger charge is -2.11. The molecule has 0 aliphatic carbocycles.